The fraction of sp³-hybridized carbons (Fsp3) is 0.222. The molecule has 0 aliphatic carbocycles. The molecule has 2 amide bonds. The van der Waals surface area contributed by atoms with Crippen molar-refractivity contribution in [1.82, 2.24) is 14.0 Å². The van der Waals surface area contributed by atoms with Gasteiger partial charge in [0.2, 0.25) is 0 Å². The van der Waals surface area contributed by atoms with E-state index < -0.39 is 18.5 Å². The zero-order valence-corrected chi connectivity index (χ0v) is 18.7. The van der Waals surface area contributed by atoms with Crippen LogP contribution >= 0.6 is 0 Å². The second-order valence-electron chi connectivity index (χ2n) is 8.57. The third-order valence-electron chi connectivity index (χ3n) is 6.96. The zero-order chi connectivity index (χ0) is 23.6. The van der Waals surface area contributed by atoms with Crippen LogP contribution in [0.3, 0.4) is 0 Å². The van der Waals surface area contributed by atoms with Crippen LogP contribution in [0.15, 0.2) is 48.5 Å². The standard InChI is InChI=1S/C27H22N4O3/c1-2-29-18-11-5-3-9-16(18)20-22-23(27(34)31(15-32)26(22)33)21-17-10-4-6-12-19(17)30(14-8-7-13-28)25(21)24(20)29/h3-6,9-12,32H,2,7-8,14-15H2,1H3. The number of carbonyl (C=O) groups excluding carboxylic acids is 2. The molecule has 3 aromatic carbocycles. The summed E-state index contributed by atoms with van der Waals surface area (Å²) in [5.74, 6) is -0.933. The van der Waals surface area contributed by atoms with Gasteiger partial charge in [-0.25, -0.2) is 0 Å². The molecule has 0 saturated heterocycles. The van der Waals surface area contributed by atoms with Crippen LogP contribution < -0.4 is 0 Å². The van der Waals surface area contributed by atoms with Gasteiger partial charge < -0.3 is 14.2 Å². The minimum Gasteiger partial charge on any atom is -0.376 e. The number of para-hydroxylation sites is 2. The Labute approximate surface area is 195 Å². The van der Waals surface area contributed by atoms with E-state index in [4.69, 9.17) is 5.26 Å². The van der Waals surface area contributed by atoms with Crippen molar-refractivity contribution in [1.29, 1.82) is 5.26 Å². The highest BCUT2D eigenvalue weighted by Gasteiger charge is 2.41. The quantitative estimate of drug-likeness (QED) is 0.308. The Morgan fingerprint density at radius 1 is 0.853 bits per heavy atom. The normalized spacial score (nSPS) is 13.6. The van der Waals surface area contributed by atoms with Gasteiger partial charge in [-0.15, -0.1) is 0 Å². The first-order valence-corrected chi connectivity index (χ1v) is 11.5. The molecule has 34 heavy (non-hydrogen) atoms. The van der Waals surface area contributed by atoms with Gasteiger partial charge in [-0.1, -0.05) is 36.4 Å². The second-order valence-corrected chi connectivity index (χ2v) is 8.57. The number of hydrogen-bond donors (Lipinski definition) is 1. The molecule has 5 aromatic rings. The maximum atomic E-state index is 13.5. The SMILES string of the molecule is CCn1c2ccccc2c2c3c(c4c5ccccc5n(CCCC#N)c4c21)C(=O)N(CO)C3=O. The largest absolute Gasteiger partial charge is 0.376 e. The van der Waals surface area contributed by atoms with E-state index in [-0.39, 0.29) is 0 Å². The lowest BCUT2D eigenvalue weighted by molar-refractivity contribution is 0.0491. The van der Waals surface area contributed by atoms with Crippen molar-refractivity contribution in [3.05, 3.63) is 59.7 Å². The van der Waals surface area contributed by atoms with Crippen molar-refractivity contribution in [3.63, 3.8) is 0 Å². The first kappa shape index (κ1) is 20.5. The number of rotatable bonds is 5. The molecule has 0 atom stereocenters. The summed E-state index contributed by atoms with van der Waals surface area (Å²) in [5.41, 5.74) is 4.48. The predicted octanol–water partition coefficient (Wildman–Crippen LogP) is 4.77. The molecular formula is C27H22N4O3. The lowest BCUT2D eigenvalue weighted by Crippen LogP contribution is -2.30. The van der Waals surface area contributed by atoms with Crippen molar-refractivity contribution in [2.45, 2.75) is 32.9 Å². The van der Waals surface area contributed by atoms with Crippen molar-refractivity contribution in [2.24, 2.45) is 0 Å². The van der Waals surface area contributed by atoms with Crippen LogP contribution in [0.5, 0.6) is 0 Å². The number of hydrogen-bond acceptors (Lipinski definition) is 4. The highest BCUT2D eigenvalue weighted by molar-refractivity contribution is 6.39. The molecule has 3 heterocycles. The molecule has 6 rings (SSSR count). The van der Waals surface area contributed by atoms with Gasteiger partial charge in [-0.2, -0.15) is 5.26 Å². The van der Waals surface area contributed by atoms with Crippen molar-refractivity contribution >= 4 is 55.4 Å². The summed E-state index contributed by atoms with van der Waals surface area (Å²) in [6.45, 7) is 2.70. The predicted molar refractivity (Wildman–Crippen MR) is 131 cm³/mol. The van der Waals surface area contributed by atoms with Gasteiger partial charge in [-0.3, -0.25) is 14.5 Å². The molecule has 168 valence electrons. The van der Waals surface area contributed by atoms with E-state index in [9.17, 15) is 14.7 Å². The van der Waals surface area contributed by atoms with Crippen molar-refractivity contribution in [2.75, 3.05) is 6.73 Å². The maximum absolute atomic E-state index is 13.5. The van der Waals surface area contributed by atoms with Gasteiger partial charge in [0.1, 0.15) is 6.73 Å². The van der Waals surface area contributed by atoms with Crippen LogP contribution in [0.25, 0.3) is 43.6 Å². The van der Waals surface area contributed by atoms with E-state index in [1.165, 1.54) is 0 Å². The number of imide groups is 1. The van der Waals surface area contributed by atoms with Crippen LogP contribution in [0, 0.1) is 11.3 Å². The second kappa shape index (κ2) is 7.44. The number of benzene rings is 3. The van der Waals surface area contributed by atoms with Gasteiger partial charge in [0.05, 0.1) is 28.2 Å². The van der Waals surface area contributed by atoms with Gasteiger partial charge in [0.15, 0.2) is 0 Å². The number of nitrogens with zero attached hydrogens (tertiary/aromatic N) is 4. The smallest absolute Gasteiger partial charge is 0.264 e. The minimum absolute atomic E-state index is 0.357. The van der Waals surface area contributed by atoms with E-state index in [2.05, 4.69) is 22.1 Å². The Morgan fingerprint density at radius 2 is 1.38 bits per heavy atom. The number of aryl methyl sites for hydroxylation is 2. The summed E-state index contributed by atoms with van der Waals surface area (Å²) >= 11 is 0. The number of carbonyl (C=O) groups is 2. The molecular weight excluding hydrogens is 428 g/mol. The molecule has 1 aliphatic heterocycles. The Hall–Kier alpha value is -4.15. The fourth-order valence-electron chi connectivity index (χ4n) is 5.65. The number of amides is 2. The third-order valence-corrected chi connectivity index (χ3v) is 6.96. The Bertz CT molecular complexity index is 1720. The highest BCUT2D eigenvalue weighted by atomic mass is 16.3. The summed E-state index contributed by atoms with van der Waals surface area (Å²) in [5, 5.41) is 22.3. The molecule has 0 fully saturated rings. The molecule has 7 heteroatoms. The summed E-state index contributed by atoms with van der Waals surface area (Å²) in [4.78, 5) is 27.9. The molecule has 0 spiro atoms. The van der Waals surface area contributed by atoms with E-state index >= 15 is 0 Å². The van der Waals surface area contributed by atoms with Crippen LogP contribution in [0.1, 0.15) is 40.5 Å². The molecule has 0 saturated carbocycles. The summed E-state index contributed by atoms with van der Waals surface area (Å²) < 4.78 is 4.39. The maximum Gasteiger partial charge on any atom is 0.264 e. The highest BCUT2D eigenvalue weighted by Crippen LogP contribution is 2.46. The van der Waals surface area contributed by atoms with Crippen LogP contribution in [0.4, 0.5) is 0 Å². The number of aliphatic hydroxyl groups is 1. The van der Waals surface area contributed by atoms with E-state index in [0.29, 0.717) is 37.1 Å². The first-order valence-electron chi connectivity index (χ1n) is 11.5. The lowest BCUT2D eigenvalue weighted by atomic mass is 9.96. The average Bonchev–Trinajstić information content (AvgIpc) is 3.45. The minimum atomic E-state index is -0.664. The Balaban J connectivity index is 1.94. The number of nitriles is 1. The van der Waals surface area contributed by atoms with Crippen molar-refractivity contribution < 1.29 is 14.7 Å². The average molecular weight is 450 g/mol. The number of unbranched alkanes of at least 4 members (excludes halogenated alkanes) is 1. The molecule has 0 unspecified atom stereocenters. The summed E-state index contributed by atoms with van der Waals surface area (Å²) in [6, 6.07) is 18.0. The Morgan fingerprint density at radius 3 is 1.91 bits per heavy atom. The number of fused-ring (bicyclic) bond motifs is 10. The topological polar surface area (TPSA) is 91.3 Å². The molecule has 2 aromatic heterocycles. The molecule has 0 bridgehead atoms. The van der Waals surface area contributed by atoms with Crippen LogP contribution in [-0.2, 0) is 13.1 Å². The van der Waals surface area contributed by atoms with Crippen LogP contribution in [-0.4, -0.2) is 37.7 Å². The van der Waals surface area contributed by atoms with Crippen molar-refractivity contribution in [3.8, 4) is 6.07 Å². The molecule has 1 N–H and O–H groups in total. The Kier molecular flexibility index (Phi) is 4.48. The lowest BCUT2D eigenvalue weighted by Gasteiger charge is -2.11. The van der Waals surface area contributed by atoms with Gasteiger partial charge in [-0.05, 0) is 25.5 Å². The summed E-state index contributed by atoms with van der Waals surface area (Å²) in [6.07, 6.45) is 1.10. The van der Waals surface area contributed by atoms with Gasteiger partial charge in [0.25, 0.3) is 11.8 Å². The zero-order valence-electron chi connectivity index (χ0n) is 18.7. The molecule has 1 aliphatic rings. The van der Waals surface area contributed by atoms with Crippen LogP contribution in [0.2, 0.25) is 0 Å². The van der Waals surface area contributed by atoms with E-state index in [1.807, 2.05) is 48.5 Å². The summed E-state index contributed by atoms with van der Waals surface area (Å²) in [7, 11) is 0. The first-order chi connectivity index (χ1) is 16.6. The fourth-order valence-corrected chi connectivity index (χ4v) is 5.65. The third kappa shape index (κ3) is 2.43. The van der Waals surface area contributed by atoms with Gasteiger partial charge in [0, 0.05) is 52.1 Å². The molecule has 0 radical (unpaired) electrons. The van der Waals surface area contributed by atoms with E-state index in [0.717, 1.165) is 48.5 Å². The van der Waals surface area contributed by atoms with E-state index in [1.54, 1.807) is 0 Å². The molecule has 7 nitrogen and oxygen atoms in total. The number of aliphatic hydroxyl groups excluding tert-OH is 1. The monoisotopic (exact) mass is 450 g/mol. The van der Waals surface area contributed by atoms with Gasteiger partial charge >= 0.3 is 0 Å². The number of aromatic nitrogens is 2.